The highest BCUT2D eigenvalue weighted by Crippen LogP contribution is 2.26. The Morgan fingerprint density at radius 3 is 2.71 bits per heavy atom. The van der Waals surface area contributed by atoms with Crippen LogP contribution in [0.25, 0.3) is 0 Å². The average molecular weight is 404 g/mol. The van der Waals surface area contributed by atoms with Gasteiger partial charge >= 0.3 is 0 Å². The fourth-order valence-electron chi connectivity index (χ4n) is 2.40. The number of rotatable bonds is 6. The maximum atomic E-state index is 12.3. The molecule has 1 aliphatic rings. The molecule has 130 valence electrons. The number of halogens is 1. The molecule has 6 nitrogen and oxygen atoms in total. The minimum absolute atomic E-state index is 0.167. The number of nitrogens with one attached hydrogen (secondary N) is 1. The quantitative estimate of drug-likeness (QED) is 0.748. The molecule has 2 aromatic heterocycles. The molecule has 1 aliphatic heterocycles. The zero-order chi connectivity index (χ0) is 16.9. The van der Waals surface area contributed by atoms with Gasteiger partial charge in [-0.25, -0.2) is 0 Å². The van der Waals surface area contributed by atoms with Gasteiger partial charge in [0.05, 0.1) is 10.1 Å². The van der Waals surface area contributed by atoms with Crippen molar-refractivity contribution in [2.75, 3.05) is 44.3 Å². The number of thioether (sulfide) groups is 1. The zero-order valence-electron chi connectivity index (χ0n) is 13.2. The number of piperazine rings is 1. The van der Waals surface area contributed by atoms with Gasteiger partial charge in [-0.15, -0.1) is 21.5 Å². The summed E-state index contributed by atoms with van der Waals surface area (Å²) in [5.41, 5.74) is 0. The number of carbonyl (C=O) groups is 1. The highest BCUT2D eigenvalue weighted by molar-refractivity contribution is 8.01. The van der Waals surface area contributed by atoms with Crippen LogP contribution in [0.15, 0.2) is 16.5 Å². The van der Waals surface area contributed by atoms with Crippen molar-refractivity contribution < 1.29 is 4.79 Å². The summed E-state index contributed by atoms with van der Waals surface area (Å²) in [5, 5.41) is 11.7. The predicted octanol–water partition coefficient (Wildman–Crippen LogP) is 2.73. The predicted molar refractivity (Wildman–Crippen MR) is 101 cm³/mol. The molecular formula is C14H18ClN5OS3. The summed E-state index contributed by atoms with van der Waals surface area (Å²) >= 11 is 10.5. The number of hydrogen-bond donors (Lipinski definition) is 1. The summed E-state index contributed by atoms with van der Waals surface area (Å²) < 4.78 is 1.65. The number of amides is 1. The van der Waals surface area contributed by atoms with E-state index in [0.717, 1.165) is 46.5 Å². The topological polar surface area (TPSA) is 61.4 Å². The first-order chi connectivity index (χ1) is 11.6. The van der Waals surface area contributed by atoms with E-state index >= 15 is 0 Å². The minimum Gasteiger partial charge on any atom is -0.363 e. The van der Waals surface area contributed by atoms with Gasteiger partial charge in [-0.1, -0.05) is 34.7 Å². The van der Waals surface area contributed by atoms with E-state index in [2.05, 4.69) is 26.5 Å². The Labute approximate surface area is 158 Å². The molecule has 0 radical (unpaired) electrons. The second-order valence-corrected chi connectivity index (χ2v) is 9.27. The third kappa shape index (κ3) is 4.82. The molecule has 0 aliphatic carbocycles. The molecule has 0 atom stereocenters. The smallest absolute Gasteiger partial charge is 0.233 e. The van der Waals surface area contributed by atoms with Crippen LogP contribution in [0.3, 0.4) is 0 Å². The lowest BCUT2D eigenvalue weighted by molar-refractivity contribution is -0.130. The van der Waals surface area contributed by atoms with Gasteiger partial charge in [0.2, 0.25) is 11.0 Å². The van der Waals surface area contributed by atoms with E-state index in [1.807, 2.05) is 18.0 Å². The van der Waals surface area contributed by atoms with Crippen LogP contribution in [0.4, 0.5) is 5.13 Å². The minimum atomic E-state index is 0.167. The van der Waals surface area contributed by atoms with Crippen molar-refractivity contribution in [3.05, 3.63) is 21.3 Å². The van der Waals surface area contributed by atoms with E-state index in [-0.39, 0.29) is 5.91 Å². The van der Waals surface area contributed by atoms with Crippen LogP contribution in [0.5, 0.6) is 0 Å². The molecule has 0 unspecified atom stereocenters. The van der Waals surface area contributed by atoms with Crippen molar-refractivity contribution in [1.29, 1.82) is 0 Å². The number of anilines is 1. The van der Waals surface area contributed by atoms with Crippen molar-refractivity contribution in [3.63, 3.8) is 0 Å². The van der Waals surface area contributed by atoms with Crippen LogP contribution in [-0.4, -0.2) is 64.9 Å². The van der Waals surface area contributed by atoms with E-state index in [1.165, 1.54) is 28.0 Å². The number of nitrogens with zero attached hydrogens (tertiary/aromatic N) is 4. The Hall–Kier alpha value is -0.870. The molecular weight excluding hydrogens is 386 g/mol. The van der Waals surface area contributed by atoms with Gasteiger partial charge < -0.3 is 10.2 Å². The Morgan fingerprint density at radius 2 is 2.08 bits per heavy atom. The Kier molecular flexibility index (Phi) is 6.34. The molecule has 0 bridgehead atoms. The van der Waals surface area contributed by atoms with Gasteiger partial charge in [0.1, 0.15) is 0 Å². The summed E-state index contributed by atoms with van der Waals surface area (Å²) in [4.78, 5) is 17.9. The van der Waals surface area contributed by atoms with Crippen LogP contribution < -0.4 is 5.32 Å². The third-order valence-electron chi connectivity index (χ3n) is 3.67. The van der Waals surface area contributed by atoms with Crippen molar-refractivity contribution in [2.45, 2.75) is 10.9 Å². The molecule has 3 rings (SSSR count). The molecule has 1 N–H and O–H groups in total. The zero-order valence-corrected chi connectivity index (χ0v) is 16.4. The first-order valence-corrected chi connectivity index (χ1v) is 10.5. The average Bonchev–Trinajstić information content (AvgIpc) is 3.22. The van der Waals surface area contributed by atoms with E-state index in [0.29, 0.717) is 5.75 Å². The molecule has 2 aromatic rings. The SMILES string of the molecule is CNc1nnc(SCC(=O)N2CCN(Cc3ccc(Cl)s3)CC2)s1. The number of thiophene rings is 1. The van der Waals surface area contributed by atoms with Crippen LogP contribution in [-0.2, 0) is 11.3 Å². The monoisotopic (exact) mass is 403 g/mol. The summed E-state index contributed by atoms with van der Waals surface area (Å²) in [6.07, 6.45) is 0. The molecule has 0 spiro atoms. The van der Waals surface area contributed by atoms with Crippen molar-refractivity contribution in [3.8, 4) is 0 Å². The van der Waals surface area contributed by atoms with Crippen LogP contribution in [0.2, 0.25) is 4.34 Å². The lowest BCUT2D eigenvalue weighted by Crippen LogP contribution is -2.48. The fraction of sp³-hybridized carbons (Fsp3) is 0.500. The van der Waals surface area contributed by atoms with Gasteiger partial charge in [0.15, 0.2) is 4.34 Å². The summed E-state index contributed by atoms with van der Waals surface area (Å²) in [7, 11) is 1.81. The van der Waals surface area contributed by atoms with Crippen LogP contribution >= 0.6 is 46.0 Å². The van der Waals surface area contributed by atoms with Gasteiger partial charge in [-0.05, 0) is 12.1 Å². The summed E-state index contributed by atoms with van der Waals surface area (Å²) in [5.74, 6) is 0.582. The van der Waals surface area contributed by atoms with Gasteiger partial charge in [0.25, 0.3) is 0 Å². The second-order valence-electron chi connectivity index (χ2n) is 5.27. The maximum Gasteiger partial charge on any atom is 0.233 e. The third-order valence-corrected chi connectivity index (χ3v) is 6.95. The highest BCUT2D eigenvalue weighted by atomic mass is 35.5. The Morgan fingerprint density at radius 1 is 1.29 bits per heavy atom. The Bertz CT molecular complexity index is 684. The Balaban J connectivity index is 1.41. The highest BCUT2D eigenvalue weighted by Gasteiger charge is 2.21. The van der Waals surface area contributed by atoms with Crippen LogP contribution in [0.1, 0.15) is 4.88 Å². The standard InChI is InChI=1S/C14H18ClN5OS3/c1-16-13-17-18-14(24-13)22-9-12(21)20-6-4-19(5-7-20)8-10-2-3-11(15)23-10/h2-3H,4-9H2,1H3,(H,16,17). The first-order valence-electron chi connectivity index (χ1n) is 7.52. The van der Waals surface area contributed by atoms with Crippen molar-refractivity contribution >= 4 is 57.1 Å². The van der Waals surface area contributed by atoms with Crippen molar-refractivity contribution in [2.24, 2.45) is 0 Å². The lowest BCUT2D eigenvalue weighted by atomic mass is 10.3. The van der Waals surface area contributed by atoms with E-state index in [1.54, 1.807) is 11.3 Å². The number of carbonyl (C=O) groups excluding carboxylic acids is 1. The van der Waals surface area contributed by atoms with E-state index in [9.17, 15) is 4.79 Å². The number of aromatic nitrogens is 2. The summed E-state index contributed by atoms with van der Waals surface area (Å²) in [6.45, 7) is 4.25. The van der Waals surface area contributed by atoms with Gasteiger partial charge in [0, 0.05) is 44.6 Å². The van der Waals surface area contributed by atoms with Crippen LogP contribution in [0, 0.1) is 0 Å². The van der Waals surface area contributed by atoms with Gasteiger partial charge in [-0.2, -0.15) is 0 Å². The van der Waals surface area contributed by atoms with Crippen molar-refractivity contribution in [1.82, 2.24) is 20.0 Å². The van der Waals surface area contributed by atoms with E-state index in [4.69, 9.17) is 11.6 Å². The molecule has 1 amide bonds. The summed E-state index contributed by atoms with van der Waals surface area (Å²) in [6, 6.07) is 4.01. The largest absolute Gasteiger partial charge is 0.363 e. The first kappa shape index (κ1) is 17.9. The van der Waals surface area contributed by atoms with E-state index < -0.39 is 0 Å². The lowest BCUT2D eigenvalue weighted by Gasteiger charge is -2.34. The molecule has 0 saturated carbocycles. The molecule has 10 heteroatoms. The molecule has 1 saturated heterocycles. The molecule has 1 fully saturated rings. The maximum absolute atomic E-state index is 12.3. The molecule has 0 aromatic carbocycles. The van der Waals surface area contributed by atoms with Gasteiger partial charge in [-0.3, -0.25) is 9.69 Å². The molecule has 3 heterocycles. The normalized spacial score (nSPS) is 15.7. The molecule has 24 heavy (non-hydrogen) atoms. The second kappa shape index (κ2) is 8.48. The number of hydrogen-bond acceptors (Lipinski definition) is 8. The fourth-order valence-corrected chi connectivity index (χ4v) is 5.13.